The first-order valence-corrected chi connectivity index (χ1v) is 6.03. The lowest BCUT2D eigenvalue weighted by Gasteiger charge is -2.01. The van der Waals surface area contributed by atoms with Gasteiger partial charge in [-0.05, 0) is 12.1 Å². The molecule has 0 amide bonds. The number of rotatable bonds is 3. The second kappa shape index (κ2) is 6.02. The summed E-state index contributed by atoms with van der Waals surface area (Å²) in [7, 11) is 0. The average molecular weight is 273 g/mol. The fraction of sp³-hybridized carbons (Fsp3) is 0. The number of amidine groups is 2. The van der Waals surface area contributed by atoms with Crippen LogP contribution in [0.2, 0.25) is 5.02 Å². The third kappa shape index (κ3) is 3.33. The largest absolute Gasteiger partial charge is 0.382 e. The van der Waals surface area contributed by atoms with Gasteiger partial charge in [-0.3, -0.25) is 0 Å². The maximum atomic E-state index is 6.01. The summed E-state index contributed by atoms with van der Waals surface area (Å²) < 4.78 is 0. The van der Waals surface area contributed by atoms with Crippen LogP contribution >= 0.6 is 11.6 Å². The van der Waals surface area contributed by atoms with E-state index in [0.29, 0.717) is 16.4 Å². The summed E-state index contributed by atoms with van der Waals surface area (Å²) in [6.07, 6.45) is 0. The van der Waals surface area contributed by atoms with Gasteiger partial charge in [-0.25, -0.2) is 0 Å². The highest BCUT2D eigenvalue weighted by molar-refractivity contribution is 6.34. The molecule has 0 aliphatic heterocycles. The van der Waals surface area contributed by atoms with Gasteiger partial charge >= 0.3 is 0 Å². The summed E-state index contributed by atoms with van der Waals surface area (Å²) in [4.78, 5) is 0. The monoisotopic (exact) mass is 272 g/mol. The zero-order valence-corrected chi connectivity index (χ0v) is 10.9. The molecule has 0 unspecified atom stereocenters. The molecule has 5 heteroatoms. The van der Waals surface area contributed by atoms with Crippen molar-refractivity contribution in [2.24, 2.45) is 21.7 Å². The Kier molecular flexibility index (Phi) is 4.15. The molecule has 2 aromatic carbocycles. The Balaban J connectivity index is 2.25. The van der Waals surface area contributed by atoms with Crippen molar-refractivity contribution in [3.05, 3.63) is 70.7 Å². The number of nitrogens with zero attached hydrogens (tertiary/aromatic N) is 2. The minimum absolute atomic E-state index is 0.226. The van der Waals surface area contributed by atoms with Crippen molar-refractivity contribution in [1.82, 2.24) is 0 Å². The zero-order chi connectivity index (χ0) is 13.7. The van der Waals surface area contributed by atoms with Gasteiger partial charge in [0.15, 0.2) is 11.7 Å². The Hall–Kier alpha value is -2.33. The summed E-state index contributed by atoms with van der Waals surface area (Å²) in [5.41, 5.74) is 13.1. The maximum absolute atomic E-state index is 6.01. The van der Waals surface area contributed by atoms with Crippen LogP contribution in [-0.4, -0.2) is 11.7 Å². The number of hydrogen-bond acceptors (Lipinski definition) is 2. The van der Waals surface area contributed by atoms with E-state index in [2.05, 4.69) is 10.2 Å². The molecule has 4 N–H and O–H groups in total. The average Bonchev–Trinajstić information content (AvgIpc) is 2.46. The van der Waals surface area contributed by atoms with Gasteiger partial charge in [-0.1, -0.05) is 54.1 Å². The summed E-state index contributed by atoms with van der Waals surface area (Å²) >= 11 is 6.01. The molecule has 0 fully saturated rings. The van der Waals surface area contributed by atoms with Gasteiger partial charge in [-0.2, -0.15) is 0 Å². The highest BCUT2D eigenvalue weighted by atomic mass is 35.5. The molecule has 19 heavy (non-hydrogen) atoms. The molecule has 0 saturated carbocycles. The number of benzene rings is 2. The molecule has 0 saturated heterocycles. The van der Waals surface area contributed by atoms with Gasteiger partial charge in [0.05, 0.1) is 5.02 Å². The standard InChI is InChI=1S/C14H13ClN4/c15-12-9-5-4-8-11(12)14(17)19-18-13(16)10-6-2-1-3-7-10/h1-9H,(H2,16,18)(H2,17,19). The van der Waals surface area contributed by atoms with Gasteiger partial charge in [0, 0.05) is 11.1 Å². The first kappa shape index (κ1) is 13.1. The molecule has 0 radical (unpaired) electrons. The highest BCUT2D eigenvalue weighted by Gasteiger charge is 2.03. The van der Waals surface area contributed by atoms with E-state index in [1.807, 2.05) is 42.5 Å². The molecular weight excluding hydrogens is 260 g/mol. The summed E-state index contributed by atoms with van der Waals surface area (Å²) in [5.74, 6) is 0.528. The SMILES string of the molecule is N/C(=N\N=C(/N)c1ccccc1Cl)c1ccccc1. The fourth-order valence-electron chi connectivity index (χ4n) is 1.50. The normalized spacial score (nSPS) is 12.5. The Morgan fingerprint density at radius 2 is 1.37 bits per heavy atom. The Labute approximate surface area is 116 Å². The molecule has 96 valence electrons. The van der Waals surface area contributed by atoms with Crippen molar-refractivity contribution >= 4 is 23.3 Å². The molecule has 0 aliphatic carbocycles. The minimum atomic E-state index is 0.226. The summed E-state index contributed by atoms with van der Waals surface area (Å²) in [5, 5.41) is 8.34. The summed E-state index contributed by atoms with van der Waals surface area (Å²) in [6, 6.07) is 16.5. The van der Waals surface area contributed by atoms with E-state index in [4.69, 9.17) is 23.1 Å². The van der Waals surface area contributed by atoms with Gasteiger partial charge in [0.2, 0.25) is 0 Å². The molecule has 0 heterocycles. The van der Waals surface area contributed by atoms with E-state index in [-0.39, 0.29) is 5.84 Å². The topological polar surface area (TPSA) is 76.8 Å². The van der Waals surface area contributed by atoms with Gasteiger partial charge in [-0.15, -0.1) is 10.2 Å². The molecule has 2 rings (SSSR count). The van der Waals surface area contributed by atoms with Crippen LogP contribution in [0.4, 0.5) is 0 Å². The van der Waals surface area contributed by atoms with Crippen LogP contribution in [0.3, 0.4) is 0 Å². The predicted molar refractivity (Wildman–Crippen MR) is 79.3 cm³/mol. The van der Waals surface area contributed by atoms with Crippen LogP contribution < -0.4 is 11.5 Å². The maximum Gasteiger partial charge on any atom is 0.154 e. The third-order valence-corrected chi connectivity index (χ3v) is 2.81. The molecule has 2 aromatic rings. The molecule has 0 atom stereocenters. The number of nitrogens with two attached hydrogens (primary N) is 2. The molecule has 0 aromatic heterocycles. The van der Waals surface area contributed by atoms with E-state index >= 15 is 0 Å². The lowest BCUT2D eigenvalue weighted by molar-refractivity contribution is 1.20. The van der Waals surface area contributed by atoms with Crippen LogP contribution in [0.15, 0.2) is 64.8 Å². The van der Waals surface area contributed by atoms with Gasteiger partial charge in [0.1, 0.15) is 0 Å². The molecule has 0 aliphatic rings. The van der Waals surface area contributed by atoms with Crippen LogP contribution in [0.1, 0.15) is 11.1 Å². The zero-order valence-electron chi connectivity index (χ0n) is 10.1. The first-order chi connectivity index (χ1) is 9.18. The second-order valence-electron chi connectivity index (χ2n) is 3.82. The van der Waals surface area contributed by atoms with Crippen molar-refractivity contribution in [3.8, 4) is 0 Å². The van der Waals surface area contributed by atoms with E-state index in [1.54, 1.807) is 12.1 Å². The number of halogens is 1. The lowest BCUT2D eigenvalue weighted by Crippen LogP contribution is -2.16. The first-order valence-electron chi connectivity index (χ1n) is 5.65. The Morgan fingerprint density at radius 3 is 2.05 bits per heavy atom. The molecular formula is C14H13ClN4. The Morgan fingerprint density at radius 1 is 0.789 bits per heavy atom. The van der Waals surface area contributed by atoms with E-state index < -0.39 is 0 Å². The Bertz CT molecular complexity index is 620. The van der Waals surface area contributed by atoms with Crippen LogP contribution in [-0.2, 0) is 0 Å². The van der Waals surface area contributed by atoms with Crippen molar-refractivity contribution in [2.45, 2.75) is 0 Å². The van der Waals surface area contributed by atoms with Crippen molar-refractivity contribution in [1.29, 1.82) is 0 Å². The highest BCUT2D eigenvalue weighted by Crippen LogP contribution is 2.14. The second-order valence-corrected chi connectivity index (χ2v) is 4.22. The van der Waals surface area contributed by atoms with E-state index in [9.17, 15) is 0 Å². The van der Waals surface area contributed by atoms with Gasteiger partial charge in [0.25, 0.3) is 0 Å². The minimum Gasteiger partial charge on any atom is -0.382 e. The predicted octanol–water partition coefficient (Wildman–Crippen LogP) is 2.37. The van der Waals surface area contributed by atoms with Crippen LogP contribution in [0.5, 0.6) is 0 Å². The van der Waals surface area contributed by atoms with E-state index in [0.717, 1.165) is 5.56 Å². The third-order valence-electron chi connectivity index (χ3n) is 2.48. The van der Waals surface area contributed by atoms with Crippen molar-refractivity contribution in [3.63, 3.8) is 0 Å². The van der Waals surface area contributed by atoms with Gasteiger partial charge < -0.3 is 11.5 Å². The fourth-order valence-corrected chi connectivity index (χ4v) is 1.73. The van der Waals surface area contributed by atoms with Crippen molar-refractivity contribution < 1.29 is 0 Å². The van der Waals surface area contributed by atoms with Crippen molar-refractivity contribution in [2.75, 3.05) is 0 Å². The molecule has 4 nitrogen and oxygen atoms in total. The lowest BCUT2D eigenvalue weighted by atomic mass is 10.2. The van der Waals surface area contributed by atoms with Crippen LogP contribution in [0.25, 0.3) is 0 Å². The number of hydrogen-bond donors (Lipinski definition) is 2. The molecule has 0 spiro atoms. The smallest absolute Gasteiger partial charge is 0.154 e. The quantitative estimate of drug-likeness (QED) is 0.511. The summed E-state index contributed by atoms with van der Waals surface area (Å²) in [6.45, 7) is 0. The van der Waals surface area contributed by atoms with Crippen LogP contribution in [0, 0.1) is 0 Å². The molecule has 0 bridgehead atoms. The van der Waals surface area contributed by atoms with E-state index in [1.165, 1.54) is 0 Å².